The third-order valence-electron chi connectivity index (χ3n) is 4.54. The number of nitro benzene ring substituents is 1. The van der Waals surface area contributed by atoms with Gasteiger partial charge in [0.1, 0.15) is 11.3 Å². The van der Waals surface area contributed by atoms with Crippen molar-refractivity contribution in [1.82, 2.24) is 9.97 Å². The third kappa shape index (κ3) is 3.72. The zero-order valence-corrected chi connectivity index (χ0v) is 17.2. The highest BCUT2D eigenvalue weighted by atomic mass is 35.5. The fourth-order valence-electron chi connectivity index (χ4n) is 3.06. The molecule has 0 radical (unpaired) electrons. The van der Waals surface area contributed by atoms with Crippen molar-refractivity contribution in [3.05, 3.63) is 81.4 Å². The van der Waals surface area contributed by atoms with Crippen LogP contribution in [0.25, 0.3) is 22.4 Å². The van der Waals surface area contributed by atoms with Crippen LogP contribution in [0.5, 0.6) is 0 Å². The summed E-state index contributed by atoms with van der Waals surface area (Å²) in [7, 11) is -3.87. The van der Waals surface area contributed by atoms with E-state index in [1.54, 1.807) is 49.4 Å². The van der Waals surface area contributed by atoms with Crippen molar-refractivity contribution >= 4 is 44.0 Å². The quantitative estimate of drug-likeness (QED) is 0.336. The number of aromatic nitrogens is 2. The van der Waals surface area contributed by atoms with Crippen molar-refractivity contribution in [1.29, 1.82) is 0 Å². The molecule has 30 heavy (non-hydrogen) atoms. The lowest BCUT2D eigenvalue weighted by molar-refractivity contribution is -0.383. The molecule has 152 valence electrons. The van der Waals surface area contributed by atoms with E-state index in [0.717, 1.165) is 0 Å². The average molecular weight is 443 g/mol. The molecule has 0 unspecified atom stereocenters. The van der Waals surface area contributed by atoms with Gasteiger partial charge in [-0.15, -0.1) is 0 Å². The van der Waals surface area contributed by atoms with Crippen molar-refractivity contribution in [3.63, 3.8) is 0 Å². The van der Waals surface area contributed by atoms with Gasteiger partial charge in [0.15, 0.2) is 0 Å². The number of para-hydroxylation sites is 1. The van der Waals surface area contributed by atoms with Gasteiger partial charge in [-0.3, -0.25) is 14.8 Å². The maximum Gasteiger partial charge on any atom is 0.294 e. The van der Waals surface area contributed by atoms with Gasteiger partial charge in [0.2, 0.25) is 0 Å². The highest BCUT2D eigenvalue weighted by Gasteiger charge is 2.19. The standard InChI is InChI=1S/C20H15ClN4O4S/c1-12-10-14(21)8-9-16(12)24-30(28,29)15-5-2-4-13(11-15)20-22-17-6-3-7-18(25(26)27)19(17)23-20/h2-11,24H,1H3,(H,22,23). The molecule has 0 aliphatic carbocycles. The summed E-state index contributed by atoms with van der Waals surface area (Å²) in [5, 5.41) is 11.7. The van der Waals surface area contributed by atoms with Gasteiger partial charge >= 0.3 is 0 Å². The minimum absolute atomic E-state index is 0.0318. The van der Waals surface area contributed by atoms with E-state index in [1.165, 1.54) is 18.2 Å². The number of non-ortho nitro benzene ring substituents is 1. The van der Waals surface area contributed by atoms with Crippen LogP contribution in [0.2, 0.25) is 5.02 Å². The summed E-state index contributed by atoms with van der Waals surface area (Å²) < 4.78 is 28.3. The third-order valence-corrected chi connectivity index (χ3v) is 6.14. The Balaban J connectivity index is 1.73. The number of benzene rings is 3. The van der Waals surface area contributed by atoms with Crippen LogP contribution < -0.4 is 4.72 Å². The topological polar surface area (TPSA) is 118 Å². The maximum absolute atomic E-state index is 12.9. The number of fused-ring (bicyclic) bond motifs is 1. The molecule has 0 saturated carbocycles. The van der Waals surface area contributed by atoms with Crippen LogP contribution in [0.4, 0.5) is 11.4 Å². The molecular formula is C20H15ClN4O4S. The average Bonchev–Trinajstić information content (AvgIpc) is 3.14. The normalized spacial score (nSPS) is 11.5. The molecule has 0 spiro atoms. The molecule has 0 aliphatic heterocycles. The molecule has 1 aromatic heterocycles. The van der Waals surface area contributed by atoms with E-state index in [1.807, 2.05) is 0 Å². The number of aryl methyl sites for hydroxylation is 1. The second-order valence-electron chi connectivity index (χ2n) is 6.61. The highest BCUT2D eigenvalue weighted by Crippen LogP contribution is 2.29. The summed E-state index contributed by atoms with van der Waals surface area (Å²) in [4.78, 5) is 18.1. The van der Waals surface area contributed by atoms with Crippen LogP contribution >= 0.6 is 11.6 Å². The minimum Gasteiger partial charge on any atom is -0.332 e. The van der Waals surface area contributed by atoms with Crippen LogP contribution in [-0.4, -0.2) is 23.3 Å². The van der Waals surface area contributed by atoms with Gasteiger partial charge < -0.3 is 4.98 Å². The van der Waals surface area contributed by atoms with E-state index in [9.17, 15) is 18.5 Å². The summed E-state index contributed by atoms with van der Waals surface area (Å²) in [6.45, 7) is 1.75. The van der Waals surface area contributed by atoms with E-state index in [-0.39, 0.29) is 16.1 Å². The molecule has 3 aromatic carbocycles. The number of H-pyrrole nitrogens is 1. The van der Waals surface area contributed by atoms with E-state index in [4.69, 9.17) is 11.6 Å². The minimum atomic E-state index is -3.87. The number of sulfonamides is 1. The number of aromatic amines is 1. The molecule has 1 heterocycles. The molecule has 0 bridgehead atoms. The van der Waals surface area contributed by atoms with Gasteiger partial charge in [0.05, 0.1) is 21.0 Å². The van der Waals surface area contributed by atoms with Gasteiger partial charge in [0.25, 0.3) is 15.7 Å². The molecule has 0 aliphatic rings. The fourth-order valence-corrected chi connectivity index (χ4v) is 4.46. The molecule has 8 nitrogen and oxygen atoms in total. The Hall–Kier alpha value is -3.43. The lowest BCUT2D eigenvalue weighted by atomic mass is 10.2. The van der Waals surface area contributed by atoms with Gasteiger partial charge in [0, 0.05) is 16.7 Å². The number of nitrogens with one attached hydrogen (secondary N) is 2. The highest BCUT2D eigenvalue weighted by molar-refractivity contribution is 7.92. The lowest BCUT2D eigenvalue weighted by Gasteiger charge is -2.11. The van der Waals surface area contributed by atoms with Gasteiger partial charge in [-0.25, -0.2) is 13.4 Å². The van der Waals surface area contributed by atoms with E-state index in [2.05, 4.69) is 14.7 Å². The first-order chi connectivity index (χ1) is 14.2. The number of rotatable bonds is 5. The monoisotopic (exact) mass is 442 g/mol. The van der Waals surface area contributed by atoms with Gasteiger partial charge in [-0.1, -0.05) is 29.8 Å². The van der Waals surface area contributed by atoms with Crippen LogP contribution in [0.3, 0.4) is 0 Å². The first kappa shape index (κ1) is 19.9. The Morgan fingerprint density at radius 1 is 1.10 bits per heavy atom. The van der Waals surface area contributed by atoms with Crippen LogP contribution in [0, 0.1) is 17.0 Å². The van der Waals surface area contributed by atoms with Crippen LogP contribution in [0.15, 0.2) is 65.6 Å². The number of imidazole rings is 1. The Kier molecular flexibility index (Phi) is 4.92. The molecule has 4 aromatic rings. The number of nitro groups is 1. The Morgan fingerprint density at radius 3 is 2.60 bits per heavy atom. The molecule has 0 amide bonds. The van der Waals surface area contributed by atoms with Crippen molar-refractivity contribution in [2.75, 3.05) is 4.72 Å². The van der Waals surface area contributed by atoms with Crippen molar-refractivity contribution < 1.29 is 13.3 Å². The van der Waals surface area contributed by atoms with E-state index >= 15 is 0 Å². The van der Waals surface area contributed by atoms with Crippen molar-refractivity contribution in [2.24, 2.45) is 0 Å². The Labute approximate surface area is 176 Å². The molecular weight excluding hydrogens is 428 g/mol. The van der Waals surface area contributed by atoms with Gasteiger partial charge in [-0.05, 0) is 48.9 Å². The Bertz CT molecular complexity index is 1400. The largest absolute Gasteiger partial charge is 0.332 e. The summed E-state index contributed by atoms with van der Waals surface area (Å²) in [6.07, 6.45) is 0. The Morgan fingerprint density at radius 2 is 1.87 bits per heavy atom. The fraction of sp³-hybridized carbons (Fsp3) is 0.0500. The predicted molar refractivity (Wildman–Crippen MR) is 115 cm³/mol. The molecule has 10 heteroatoms. The number of hydrogen-bond acceptors (Lipinski definition) is 5. The van der Waals surface area contributed by atoms with Crippen LogP contribution in [0.1, 0.15) is 5.56 Å². The number of hydrogen-bond donors (Lipinski definition) is 2. The molecule has 0 atom stereocenters. The summed E-state index contributed by atoms with van der Waals surface area (Å²) >= 11 is 5.93. The van der Waals surface area contributed by atoms with Gasteiger partial charge in [-0.2, -0.15) is 0 Å². The SMILES string of the molecule is Cc1cc(Cl)ccc1NS(=O)(=O)c1cccc(-c2nc3cccc([N+](=O)[O-])c3[nH]2)c1. The molecule has 0 saturated heterocycles. The predicted octanol–water partition coefficient (Wildman–Crippen LogP) is 4.90. The number of halogens is 1. The second-order valence-corrected chi connectivity index (χ2v) is 8.73. The second kappa shape index (κ2) is 7.43. The molecule has 2 N–H and O–H groups in total. The zero-order valence-electron chi connectivity index (χ0n) is 15.6. The van der Waals surface area contributed by atoms with Crippen molar-refractivity contribution in [3.8, 4) is 11.4 Å². The summed E-state index contributed by atoms with van der Waals surface area (Å²) in [5.41, 5.74) is 2.19. The van der Waals surface area contributed by atoms with E-state index < -0.39 is 14.9 Å². The lowest BCUT2D eigenvalue weighted by Crippen LogP contribution is -2.13. The zero-order chi connectivity index (χ0) is 21.5. The molecule has 4 rings (SSSR count). The van der Waals surface area contributed by atoms with Crippen LogP contribution in [-0.2, 0) is 10.0 Å². The maximum atomic E-state index is 12.9. The smallest absolute Gasteiger partial charge is 0.294 e. The first-order valence-corrected chi connectivity index (χ1v) is 10.6. The first-order valence-electron chi connectivity index (χ1n) is 8.77. The number of nitrogens with zero attached hydrogens (tertiary/aromatic N) is 2. The number of anilines is 1. The summed E-state index contributed by atoms with van der Waals surface area (Å²) in [5.74, 6) is 0.332. The van der Waals surface area contributed by atoms with Crippen molar-refractivity contribution in [2.45, 2.75) is 11.8 Å². The molecule has 0 fully saturated rings. The van der Waals surface area contributed by atoms with E-state index in [0.29, 0.717) is 33.2 Å². The summed E-state index contributed by atoms with van der Waals surface area (Å²) in [6, 6.07) is 15.6.